The molecule has 106 valence electrons. The first kappa shape index (κ1) is 14.5. The van der Waals surface area contributed by atoms with Crippen molar-refractivity contribution in [3.8, 4) is 0 Å². The maximum atomic E-state index is 12.2. The average molecular weight is 271 g/mol. The lowest BCUT2D eigenvalue weighted by atomic mass is 9.87. The predicted octanol–water partition coefficient (Wildman–Crippen LogP) is 3.44. The number of carbonyl (C=O) groups excluding carboxylic acids is 2. The fourth-order valence-electron chi connectivity index (χ4n) is 2.46. The quantitative estimate of drug-likeness (QED) is 0.624. The lowest BCUT2D eigenvalue weighted by Gasteiger charge is -2.21. The molecule has 0 aromatic heterocycles. The van der Waals surface area contributed by atoms with Crippen LogP contribution in [-0.2, 0) is 15.0 Å². The summed E-state index contributed by atoms with van der Waals surface area (Å²) in [6, 6.07) is 7.67. The van der Waals surface area contributed by atoms with Crippen LogP contribution in [0.2, 0.25) is 0 Å². The molecule has 0 unspecified atom stereocenters. The van der Waals surface area contributed by atoms with E-state index in [2.05, 4.69) is 27.4 Å². The van der Waals surface area contributed by atoms with Crippen LogP contribution in [0.15, 0.2) is 36.9 Å². The van der Waals surface area contributed by atoms with E-state index in [1.165, 1.54) is 10.5 Å². The van der Waals surface area contributed by atoms with Crippen LogP contribution in [0.1, 0.15) is 39.2 Å². The van der Waals surface area contributed by atoms with E-state index in [-0.39, 0.29) is 29.6 Å². The maximum Gasteiger partial charge on any atom is 0.237 e. The van der Waals surface area contributed by atoms with Gasteiger partial charge < -0.3 is 0 Å². The van der Waals surface area contributed by atoms with Gasteiger partial charge in [0.05, 0.1) is 11.6 Å². The van der Waals surface area contributed by atoms with Gasteiger partial charge in [0.25, 0.3) is 0 Å². The first-order chi connectivity index (χ1) is 9.34. The highest BCUT2D eigenvalue weighted by Gasteiger charge is 2.38. The van der Waals surface area contributed by atoms with E-state index >= 15 is 0 Å². The molecule has 0 spiro atoms. The number of hydrogen-bond donors (Lipinski definition) is 0. The summed E-state index contributed by atoms with van der Waals surface area (Å²) in [5.41, 5.74) is 1.91. The van der Waals surface area contributed by atoms with Crippen LogP contribution in [0, 0.1) is 5.92 Å². The van der Waals surface area contributed by atoms with Crippen molar-refractivity contribution in [3.05, 3.63) is 42.5 Å². The van der Waals surface area contributed by atoms with E-state index in [1.54, 1.807) is 6.08 Å². The molecule has 0 radical (unpaired) electrons. The third-order valence-corrected chi connectivity index (χ3v) is 3.68. The van der Waals surface area contributed by atoms with Crippen LogP contribution in [-0.4, -0.2) is 11.8 Å². The summed E-state index contributed by atoms with van der Waals surface area (Å²) >= 11 is 0. The van der Waals surface area contributed by atoms with Gasteiger partial charge in [-0.3, -0.25) is 14.5 Å². The lowest BCUT2D eigenvalue weighted by Crippen LogP contribution is -2.30. The molecule has 0 bridgehead atoms. The number of hydrogen-bond acceptors (Lipinski definition) is 2. The number of benzene rings is 1. The minimum Gasteiger partial charge on any atom is -0.274 e. The van der Waals surface area contributed by atoms with Crippen molar-refractivity contribution in [2.45, 2.75) is 39.0 Å². The second kappa shape index (κ2) is 5.23. The van der Waals surface area contributed by atoms with Crippen LogP contribution in [0.4, 0.5) is 5.69 Å². The number of imide groups is 1. The van der Waals surface area contributed by atoms with Gasteiger partial charge >= 0.3 is 0 Å². The minimum absolute atomic E-state index is 0.0585. The van der Waals surface area contributed by atoms with Gasteiger partial charge in [0.2, 0.25) is 11.8 Å². The van der Waals surface area contributed by atoms with Crippen molar-refractivity contribution in [2.75, 3.05) is 4.90 Å². The standard InChI is InChI=1S/C17H21NO2/c1-5-6-12-11-15(19)18(16(12)20)14-9-7-13(8-10-14)17(2,3)4/h5,7-10,12H,1,6,11H2,2-4H3/t12-/m1/s1. The van der Waals surface area contributed by atoms with Gasteiger partial charge in [-0.05, 0) is 29.5 Å². The Morgan fingerprint density at radius 3 is 2.35 bits per heavy atom. The van der Waals surface area contributed by atoms with E-state index in [9.17, 15) is 9.59 Å². The second-order valence-corrected chi connectivity index (χ2v) is 6.29. The van der Waals surface area contributed by atoms with Crippen molar-refractivity contribution in [1.82, 2.24) is 0 Å². The second-order valence-electron chi connectivity index (χ2n) is 6.29. The monoisotopic (exact) mass is 271 g/mol. The summed E-state index contributed by atoms with van der Waals surface area (Å²) in [4.78, 5) is 25.6. The van der Waals surface area contributed by atoms with Crippen molar-refractivity contribution < 1.29 is 9.59 Å². The van der Waals surface area contributed by atoms with Gasteiger partial charge in [-0.2, -0.15) is 0 Å². The molecule has 1 heterocycles. The third-order valence-electron chi connectivity index (χ3n) is 3.68. The average Bonchev–Trinajstić information content (AvgIpc) is 2.64. The molecule has 1 fully saturated rings. The van der Waals surface area contributed by atoms with Gasteiger partial charge in [0.1, 0.15) is 0 Å². The molecular weight excluding hydrogens is 250 g/mol. The van der Waals surface area contributed by atoms with Gasteiger partial charge in [0, 0.05) is 6.42 Å². The highest BCUT2D eigenvalue weighted by Crippen LogP contribution is 2.30. The molecule has 0 saturated carbocycles. The van der Waals surface area contributed by atoms with Crippen LogP contribution in [0.25, 0.3) is 0 Å². The van der Waals surface area contributed by atoms with Gasteiger partial charge in [-0.1, -0.05) is 39.0 Å². The zero-order chi connectivity index (χ0) is 14.9. The molecule has 1 aromatic carbocycles. The SMILES string of the molecule is C=CC[C@@H]1CC(=O)N(c2ccc(C(C)(C)C)cc2)C1=O. The summed E-state index contributed by atoms with van der Waals surface area (Å²) in [6.07, 6.45) is 2.54. The molecule has 3 nitrogen and oxygen atoms in total. The molecule has 1 atom stereocenters. The van der Waals surface area contributed by atoms with Crippen molar-refractivity contribution >= 4 is 17.5 Å². The Bertz CT molecular complexity index is 537. The number of amides is 2. The van der Waals surface area contributed by atoms with Crippen molar-refractivity contribution in [1.29, 1.82) is 0 Å². The normalized spacial score (nSPS) is 19.6. The minimum atomic E-state index is -0.248. The Hall–Kier alpha value is -1.90. The molecule has 1 saturated heterocycles. The molecular formula is C17H21NO2. The summed E-state index contributed by atoms with van der Waals surface area (Å²) in [7, 11) is 0. The molecule has 2 rings (SSSR count). The summed E-state index contributed by atoms with van der Waals surface area (Å²) in [5, 5.41) is 0. The number of rotatable bonds is 3. The highest BCUT2D eigenvalue weighted by molar-refractivity contribution is 6.20. The smallest absolute Gasteiger partial charge is 0.237 e. The molecule has 1 aliphatic rings. The Morgan fingerprint density at radius 2 is 1.85 bits per heavy atom. The fourth-order valence-corrected chi connectivity index (χ4v) is 2.46. The largest absolute Gasteiger partial charge is 0.274 e. The first-order valence-corrected chi connectivity index (χ1v) is 6.93. The summed E-state index contributed by atoms with van der Waals surface area (Å²) < 4.78 is 0. The first-order valence-electron chi connectivity index (χ1n) is 6.93. The van der Waals surface area contributed by atoms with E-state index in [4.69, 9.17) is 0 Å². The fraction of sp³-hybridized carbons (Fsp3) is 0.412. The zero-order valence-corrected chi connectivity index (χ0v) is 12.3. The number of anilines is 1. The van der Waals surface area contributed by atoms with E-state index in [0.29, 0.717) is 12.1 Å². The van der Waals surface area contributed by atoms with Crippen LogP contribution < -0.4 is 4.90 Å². The zero-order valence-electron chi connectivity index (χ0n) is 12.3. The molecule has 1 aromatic rings. The third kappa shape index (κ3) is 2.67. The van der Waals surface area contributed by atoms with Gasteiger partial charge in [0.15, 0.2) is 0 Å². The van der Waals surface area contributed by atoms with Gasteiger partial charge in [-0.25, -0.2) is 0 Å². The van der Waals surface area contributed by atoms with E-state index in [1.807, 2.05) is 24.3 Å². The lowest BCUT2D eigenvalue weighted by molar-refractivity contribution is -0.122. The predicted molar refractivity (Wildman–Crippen MR) is 80.6 cm³/mol. The Labute approximate surface area is 120 Å². The number of nitrogens with zero attached hydrogens (tertiary/aromatic N) is 1. The van der Waals surface area contributed by atoms with E-state index < -0.39 is 0 Å². The highest BCUT2D eigenvalue weighted by atomic mass is 16.2. The molecule has 2 amide bonds. The molecule has 0 N–H and O–H groups in total. The Balaban J connectivity index is 2.26. The topological polar surface area (TPSA) is 37.4 Å². The molecule has 0 aliphatic carbocycles. The number of carbonyl (C=O) groups is 2. The molecule has 1 aliphatic heterocycles. The van der Waals surface area contributed by atoms with Crippen LogP contribution in [0.3, 0.4) is 0 Å². The number of allylic oxidation sites excluding steroid dienone is 1. The molecule has 3 heteroatoms. The van der Waals surface area contributed by atoms with E-state index in [0.717, 1.165) is 0 Å². The summed E-state index contributed by atoms with van der Waals surface area (Å²) in [6.45, 7) is 10.0. The Kier molecular flexibility index (Phi) is 3.80. The summed E-state index contributed by atoms with van der Waals surface area (Å²) in [5.74, 6) is -0.481. The van der Waals surface area contributed by atoms with Crippen LogP contribution in [0.5, 0.6) is 0 Å². The molecule has 20 heavy (non-hydrogen) atoms. The van der Waals surface area contributed by atoms with Crippen molar-refractivity contribution in [3.63, 3.8) is 0 Å². The van der Waals surface area contributed by atoms with Crippen molar-refractivity contribution in [2.24, 2.45) is 5.92 Å². The van der Waals surface area contributed by atoms with Gasteiger partial charge in [-0.15, -0.1) is 6.58 Å². The van der Waals surface area contributed by atoms with Crippen LogP contribution >= 0.6 is 0 Å². The maximum absolute atomic E-state index is 12.2. The Morgan fingerprint density at radius 1 is 1.25 bits per heavy atom.